The minimum Gasteiger partial charge on any atom is -0.454 e. The highest BCUT2D eigenvalue weighted by molar-refractivity contribution is 5.75. The number of nitrogens with one attached hydrogen (secondary N) is 1. The van der Waals surface area contributed by atoms with Crippen molar-refractivity contribution in [2.24, 2.45) is 0 Å². The molecule has 0 radical (unpaired) electrons. The van der Waals surface area contributed by atoms with E-state index in [2.05, 4.69) is 53.4 Å². The molecule has 4 aromatic rings. The third-order valence-corrected chi connectivity index (χ3v) is 4.94. The van der Waals surface area contributed by atoms with Crippen LogP contribution in [-0.4, -0.2) is 21.2 Å². The first-order valence-corrected chi connectivity index (χ1v) is 9.28. The van der Waals surface area contributed by atoms with Crippen LogP contribution < -0.4 is 14.8 Å². The van der Waals surface area contributed by atoms with E-state index in [9.17, 15) is 0 Å². The van der Waals surface area contributed by atoms with Crippen molar-refractivity contribution in [3.8, 4) is 22.8 Å². The van der Waals surface area contributed by atoms with Crippen molar-refractivity contribution in [2.75, 3.05) is 12.1 Å². The summed E-state index contributed by atoms with van der Waals surface area (Å²) in [4.78, 5) is 9.08. The molecule has 1 aliphatic heterocycles. The van der Waals surface area contributed by atoms with Gasteiger partial charge in [-0.3, -0.25) is 4.40 Å². The molecule has 2 aromatic carbocycles. The normalized spacial score (nSPS) is 12.7. The molecule has 2 aromatic heterocycles. The van der Waals surface area contributed by atoms with Gasteiger partial charge in [-0.25, -0.2) is 9.97 Å². The Morgan fingerprint density at radius 1 is 1.00 bits per heavy atom. The Labute approximate surface area is 162 Å². The van der Waals surface area contributed by atoms with E-state index < -0.39 is 0 Å². The molecule has 0 amide bonds. The number of ether oxygens (including phenoxy) is 2. The molecule has 0 spiro atoms. The minimum absolute atomic E-state index is 0.263. The van der Waals surface area contributed by atoms with Crippen LogP contribution in [0.25, 0.3) is 16.9 Å². The van der Waals surface area contributed by atoms with Gasteiger partial charge in [-0.2, -0.15) is 0 Å². The molecule has 0 saturated carbocycles. The maximum Gasteiger partial charge on any atom is 0.231 e. The van der Waals surface area contributed by atoms with E-state index in [1.165, 1.54) is 5.56 Å². The number of rotatable bonds is 4. The van der Waals surface area contributed by atoms with Crippen molar-refractivity contribution in [1.29, 1.82) is 0 Å². The van der Waals surface area contributed by atoms with E-state index in [1.807, 2.05) is 35.0 Å². The molecule has 0 saturated heterocycles. The fraction of sp³-hybridized carbons (Fsp3) is 0.182. The first-order chi connectivity index (χ1) is 13.7. The average Bonchev–Trinajstić information content (AvgIpc) is 3.35. The molecule has 28 heavy (non-hydrogen) atoms. The van der Waals surface area contributed by atoms with Gasteiger partial charge in [0.1, 0.15) is 0 Å². The van der Waals surface area contributed by atoms with Crippen LogP contribution in [-0.2, 0) is 0 Å². The molecule has 0 aliphatic carbocycles. The predicted molar refractivity (Wildman–Crippen MR) is 108 cm³/mol. The number of benzene rings is 2. The molecule has 0 atom stereocenters. The summed E-state index contributed by atoms with van der Waals surface area (Å²) in [5.74, 6) is 2.75. The zero-order valence-corrected chi connectivity index (χ0v) is 15.7. The summed E-state index contributed by atoms with van der Waals surface area (Å²) >= 11 is 0. The molecule has 0 unspecified atom stereocenters. The Bertz CT molecular complexity index is 1150. The lowest BCUT2D eigenvalue weighted by Gasteiger charge is -2.10. The topological polar surface area (TPSA) is 60.7 Å². The maximum absolute atomic E-state index is 5.50. The lowest BCUT2D eigenvalue weighted by Crippen LogP contribution is -1.99. The molecule has 1 N–H and O–H groups in total. The van der Waals surface area contributed by atoms with E-state index in [-0.39, 0.29) is 6.79 Å². The van der Waals surface area contributed by atoms with Crippen molar-refractivity contribution in [3.05, 3.63) is 66.6 Å². The Kier molecular flexibility index (Phi) is 3.90. The third-order valence-electron chi connectivity index (χ3n) is 4.94. The monoisotopic (exact) mass is 372 g/mol. The summed E-state index contributed by atoms with van der Waals surface area (Å²) in [7, 11) is 0. The van der Waals surface area contributed by atoms with Crippen molar-refractivity contribution in [2.45, 2.75) is 19.8 Å². The zero-order chi connectivity index (χ0) is 19.1. The molecule has 0 bridgehead atoms. The molecule has 0 fully saturated rings. The van der Waals surface area contributed by atoms with Gasteiger partial charge in [0.2, 0.25) is 6.79 Å². The van der Waals surface area contributed by atoms with Crippen LogP contribution in [0.4, 0.5) is 11.5 Å². The van der Waals surface area contributed by atoms with Crippen LogP contribution >= 0.6 is 0 Å². The Hall–Kier alpha value is -3.54. The molecular weight excluding hydrogens is 352 g/mol. The smallest absolute Gasteiger partial charge is 0.231 e. The summed E-state index contributed by atoms with van der Waals surface area (Å²) in [6.07, 6.45) is 5.53. The Morgan fingerprint density at radius 2 is 1.82 bits per heavy atom. The minimum atomic E-state index is 0.263. The van der Waals surface area contributed by atoms with Crippen molar-refractivity contribution in [3.63, 3.8) is 0 Å². The highest BCUT2D eigenvalue weighted by Crippen LogP contribution is 2.36. The standard InChI is InChI=1S/C22H20N4O2/c1-14(2)15-3-6-17(7-4-15)25-21-22-24-12-18(26(22)10-9-23-21)16-5-8-19-20(11-16)28-13-27-19/h3-12,14H,13H2,1-2H3,(H,23,25). The van der Waals surface area contributed by atoms with Gasteiger partial charge < -0.3 is 14.8 Å². The first-order valence-electron chi connectivity index (χ1n) is 9.28. The number of nitrogens with zero attached hydrogens (tertiary/aromatic N) is 3. The number of fused-ring (bicyclic) bond motifs is 2. The summed E-state index contributed by atoms with van der Waals surface area (Å²) < 4.78 is 12.9. The molecule has 5 rings (SSSR count). The lowest BCUT2D eigenvalue weighted by atomic mass is 10.0. The molecule has 1 aliphatic rings. The summed E-state index contributed by atoms with van der Waals surface area (Å²) in [5, 5.41) is 3.38. The van der Waals surface area contributed by atoms with E-state index in [0.29, 0.717) is 11.7 Å². The number of hydrogen-bond donors (Lipinski definition) is 1. The number of anilines is 2. The van der Waals surface area contributed by atoms with Gasteiger partial charge in [-0.05, 0) is 41.8 Å². The first kappa shape index (κ1) is 16.6. The summed E-state index contributed by atoms with van der Waals surface area (Å²) in [6.45, 7) is 4.64. The fourth-order valence-electron chi connectivity index (χ4n) is 3.36. The second-order valence-corrected chi connectivity index (χ2v) is 7.08. The van der Waals surface area contributed by atoms with Gasteiger partial charge in [0.25, 0.3) is 0 Å². The number of aromatic nitrogens is 3. The van der Waals surface area contributed by atoms with Crippen LogP contribution in [0.3, 0.4) is 0 Å². The van der Waals surface area contributed by atoms with Gasteiger partial charge in [-0.1, -0.05) is 26.0 Å². The number of imidazole rings is 1. The van der Waals surface area contributed by atoms with Crippen LogP contribution in [0.1, 0.15) is 25.3 Å². The SMILES string of the molecule is CC(C)c1ccc(Nc2nccn3c(-c4ccc5c(c4)OCO5)cnc23)cc1. The third kappa shape index (κ3) is 2.83. The largest absolute Gasteiger partial charge is 0.454 e. The van der Waals surface area contributed by atoms with E-state index in [4.69, 9.17) is 9.47 Å². The number of hydrogen-bond acceptors (Lipinski definition) is 5. The lowest BCUT2D eigenvalue weighted by molar-refractivity contribution is 0.174. The van der Waals surface area contributed by atoms with Crippen LogP contribution in [0.2, 0.25) is 0 Å². The molecule has 6 heteroatoms. The molecule has 3 heterocycles. The highest BCUT2D eigenvalue weighted by Gasteiger charge is 2.16. The predicted octanol–water partition coefficient (Wildman–Crippen LogP) is 4.99. The molecular formula is C22H20N4O2. The maximum atomic E-state index is 5.50. The second kappa shape index (κ2) is 6.56. The fourth-order valence-corrected chi connectivity index (χ4v) is 3.36. The van der Waals surface area contributed by atoms with E-state index in [1.54, 1.807) is 6.20 Å². The summed E-state index contributed by atoms with van der Waals surface area (Å²) in [6, 6.07) is 14.3. The van der Waals surface area contributed by atoms with Crippen LogP contribution in [0.5, 0.6) is 11.5 Å². The van der Waals surface area contributed by atoms with Crippen molar-refractivity contribution < 1.29 is 9.47 Å². The van der Waals surface area contributed by atoms with Gasteiger partial charge in [-0.15, -0.1) is 0 Å². The van der Waals surface area contributed by atoms with Gasteiger partial charge in [0.15, 0.2) is 23.0 Å². The van der Waals surface area contributed by atoms with E-state index in [0.717, 1.165) is 34.1 Å². The Balaban J connectivity index is 1.50. The average molecular weight is 372 g/mol. The van der Waals surface area contributed by atoms with Gasteiger partial charge in [0.05, 0.1) is 11.9 Å². The summed E-state index contributed by atoms with van der Waals surface area (Å²) in [5.41, 5.74) is 5.03. The Morgan fingerprint density at radius 3 is 2.64 bits per heavy atom. The van der Waals surface area contributed by atoms with E-state index >= 15 is 0 Å². The van der Waals surface area contributed by atoms with Gasteiger partial charge >= 0.3 is 0 Å². The van der Waals surface area contributed by atoms with Crippen LogP contribution in [0, 0.1) is 0 Å². The van der Waals surface area contributed by atoms with Crippen molar-refractivity contribution in [1.82, 2.24) is 14.4 Å². The van der Waals surface area contributed by atoms with Crippen molar-refractivity contribution >= 4 is 17.2 Å². The molecule has 6 nitrogen and oxygen atoms in total. The zero-order valence-electron chi connectivity index (χ0n) is 15.7. The molecule has 140 valence electrons. The highest BCUT2D eigenvalue weighted by atomic mass is 16.7. The van der Waals surface area contributed by atoms with Gasteiger partial charge in [0, 0.05) is 23.6 Å². The second-order valence-electron chi connectivity index (χ2n) is 7.08. The van der Waals surface area contributed by atoms with Crippen LogP contribution in [0.15, 0.2) is 61.1 Å². The quantitative estimate of drug-likeness (QED) is 0.547.